The van der Waals surface area contributed by atoms with Gasteiger partial charge in [-0.05, 0) is 25.3 Å². The molecule has 1 saturated carbocycles. The third-order valence-corrected chi connectivity index (χ3v) is 3.39. The third kappa shape index (κ3) is 1.42. The molecule has 1 fully saturated rings. The van der Waals surface area contributed by atoms with Crippen LogP contribution in [0.3, 0.4) is 0 Å². The van der Waals surface area contributed by atoms with E-state index in [1.807, 2.05) is 0 Å². The molecule has 1 aliphatic rings. The van der Waals surface area contributed by atoms with E-state index in [0.717, 1.165) is 0 Å². The Morgan fingerprint density at radius 2 is 1.93 bits per heavy atom. The highest BCUT2D eigenvalue weighted by Crippen LogP contribution is 2.46. The maximum Gasteiger partial charge on any atom is 0.0631 e. The Kier molecular flexibility index (Phi) is 2.29. The van der Waals surface area contributed by atoms with Gasteiger partial charge in [-0.1, -0.05) is 36.2 Å². The predicted octanol–water partition coefficient (Wildman–Crippen LogP) is 3.33. The lowest BCUT2D eigenvalue weighted by molar-refractivity contribution is 0.249. The van der Waals surface area contributed by atoms with E-state index < -0.39 is 0 Å². The Hall–Kier alpha value is -1.29. The summed E-state index contributed by atoms with van der Waals surface area (Å²) < 4.78 is 0. The highest BCUT2D eigenvalue weighted by molar-refractivity contribution is 5.31. The fourth-order valence-corrected chi connectivity index (χ4v) is 2.23. The molecular weight excluding hydrogens is 170 g/mol. The molecule has 0 amide bonds. The van der Waals surface area contributed by atoms with Gasteiger partial charge in [0.25, 0.3) is 0 Å². The van der Waals surface area contributed by atoms with Gasteiger partial charge >= 0.3 is 0 Å². The molecule has 0 N–H and O–H groups in total. The number of hydrogen-bond donors (Lipinski definition) is 0. The van der Waals surface area contributed by atoms with Crippen LogP contribution in [0.5, 0.6) is 0 Å². The Morgan fingerprint density at radius 3 is 2.36 bits per heavy atom. The molecule has 0 saturated heterocycles. The highest BCUT2D eigenvalue weighted by atomic mass is 14.4. The van der Waals surface area contributed by atoms with Crippen LogP contribution in [0.15, 0.2) is 24.3 Å². The molecule has 1 nitrogen and oxygen atoms in total. The van der Waals surface area contributed by atoms with E-state index >= 15 is 0 Å². The molecule has 14 heavy (non-hydrogen) atoms. The minimum Gasteiger partial charge on any atom is -0.198 e. The van der Waals surface area contributed by atoms with E-state index in [1.165, 1.54) is 30.4 Å². The fourth-order valence-electron chi connectivity index (χ4n) is 2.23. The van der Waals surface area contributed by atoms with E-state index in [0.29, 0.717) is 6.42 Å². The zero-order valence-corrected chi connectivity index (χ0v) is 8.59. The molecule has 0 heterocycles. The van der Waals surface area contributed by atoms with Crippen molar-refractivity contribution in [3.8, 4) is 6.07 Å². The first kappa shape index (κ1) is 9.27. The van der Waals surface area contributed by atoms with Gasteiger partial charge in [-0.2, -0.15) is 5.26 Å². The van der Waals surface area contributed by atoms with Gasteiger partial charge in [-0.3, -0.25) is 0 Å². The lowest BCUT2D eigenvalue weighted by Crippen LogP contribution is -2.33. The fraction of sp³-hybridized carbons (Fsp3) is 0.462. The predicted molar refractivity (Wildman–Crippen MR) is 56.9 cm³/mol. The largest absolute Gasteiger partial charge is 0.198 e. The number of hydrogen-bond acceptors (Lipinski definition) is 1. The maximum absolute atomic E-state index is 8.83. The van der Waals surface area contributed by atoms with Crippen molar-refractivity contribution in [2.24, 2.45) is 0 Å². The molecule has 1 aliphatic carbocycles. The number of benzene rings is 1. The van der Waals surface area contributed by atoms with Gasteiger partial charge in [-0.15, -0.1) is 0 Å². The zero-order chi connectivity index (χ0) is 10.0. The lowest BCUT2D eigenvalue weighted by Gasteiger charge is -2.40. The first-order chi connectivity index (χ1) is 6.77. The van der Waals surface area contributed by atoms with Crippen LogP contribution in [0.1, 0.15) is 36.8 Å². The number of aryl methyl sites for hydroxylation is 1. The quantitative estimate of drug-likeness (QED) is 0.693. The summed E-state index contributed by atoms with van der Waals surface area (Å²) in [5, 5.41) is 8.83. The van der Waals surface area contributed by atoms with Crippen LogP contribution in [0.2, 0.25) is 0 Å². The summed E-state index contributed by atoms with van der Waals surface area (Å²) in [7, 11) is 0. The second-order valence-electron chi connectivity index (χ2n) is 4.33. The topological polar surface area (TPSA) is 23.8 Å². The Morgan fingerprint density at radius 1 is 1.29 bits per heavy atom. The van der Waals surface area contributed by atoms with Crippen molar-refractivity contribution in [1.82, 2.24) is 0 Å². The van der Waals surface area contributed by atoms with Crippen LogP contribution in [0, 0.1) is 18.3 Å². The average Bonchev–Trinajstić information content (AvgIpc) is 2.13. The standard InChI is InChI=1S/C13H15N/c1-11-3-5-12(6-4-11)13(9-10-14)7-2-8-13/h3-6H,2,7-9H2,1H3. The van der Waals surface area contributed by atoms with Gasteiger partial charge in [0.2, 0.25) is 0 Å². The zero-order valence-electron chi connectivity index (χ0n) is 8.59. The highest BCUT2D eigenvalue weighted by Gasteiger charge is 2.38. The SMILES string of the molecule is Cc1ccc(C2(CC#N)CCC2)cc1. The van der Waals surface area contributed by atoms with E-state index in [9.17, 15) is 0 Å². The molecule has 1 aromatic rings. The maximum atomic E-state index is 8.83. The number of nitriles is 1. The van der Waals surface area contributed by atoms with Crippen LogP contribution < -0.4 is 0 Å². The van der Waals surface area contributed by atoms with Crippen molar-refractivity contribution >= 4 is 0 Å². The minimum absolute atomic E-state index is 0.197. The molecule has 72 valence electrons. The molecule has 1 heteroatoms. The first-order valence-electron chi connectivity index (χ1n) is 5.21. The van der Waals surface area contributed by atoms with Crippen molar-refractivity contribution in [2.75, 3.05) is 0 Å². The Labute approximate surface area is 85.4 Å². The van der Waals surface area contributed by atoms with Crippen molar-refractivity contribution in [3.05, 3.63) is 35.4 Å². The van der Waals surface area contributed by atoms with Crippen molar-refractivity contribution in [1.29, 1.82) is 5.26 Å². The van der Waals surface area contributed by atoms with Crippen molar-refractivity contribution in [3.63, 3.8) is 0 Å². The molecule has 1 aromatic carbocycles. The second kappa shape index (κ2) is 3.46. The van der Waals surface area contributed by atoms with Crippen LogP contribution in [0.25, 0.3) is 0 Å². The second-order valence-corrected chi connectivity index (χ2v) is 4.33. The summed E-state index contributed by atoms with van der Waals surface area (Å²) in [6.07, 6.45) is 4.32. The summed E-state index contributed by atoms with van der Waals surface area (Å²) in [6, 6.07) is 11.0. The number of rotatable bonds is 2. The molecule has 0 unspecified atom stereocenters. The summed E-state index contributed by atoms with van der Waals surface area (Å²) in [4.78, 5) is 0. The van der Waals surface area contributed by atoms with Gasteiger partial charge in [0.05, 0.1) is 6.07 Å². The lowest BCUT2D eigenvalue weighted by atomic mass is 9.63. The average molecular weight is 185 g/mol. The number of nitrogens with zero attached hydrogens (tertiary/aromatic N) is 1. The Balaban J connectivity index is 2.28. The Bertz CT molecular complexity index is 352. The third-order valence-electron chi connectivity index (χ3n) is 3.39. The summed E-state index contributed by atoms with van der Waals surface area (Å²) in [5.41, 5.74) is 2.85. The van der Waals surface area contributed by atoms with Crippen LogP contribution in [0.4, 0.5) is 0 Å². The molecule has 0 spiro atoms. The molecule has 2 rings (SSSR count). The minimum atomic E-state index is 0.197. The molecule has 0 bridgehead atoms. The van der Waals surface area contributed by atoms with Gasteiger partial charge < -0.3 is 0 Å². The molecule has 0 aliphatic heterocycles. The van der Waals surface area contributed by atoms with Crippen molar-refractivity contribution in [2.45, 2.75) is 38.0 Å². The van der Waals surface area contributed by atoms with Crippen LogP contribution in [-0.4, -0.2) is 0 Å². The van der Waals surface area contributed by atoms with Gasteiger partial charge in [-0.25, -0.2) is 0 Å². The van der Waals surface area contributed by atoms with Crippen LogP contribution >= 0.6 is 0 Å². The van der Waals surface area contributed by atoms with Crippen LogP contribution in [-0.2, 0) is 5.41 Å². The van der Waals surface area contributed by atoms with Gasteiger partial charge in [0.1, 0.15) is 0 Å². The monoisotopic (exact) mass is 185 g/mol. The molecular formula is C13H15N. The summed E-state index contributed by atoms with van der Waals surface area (Å²) in [5.74, 6) is 0. The van der Waals surface area contributed by atoms with Gasteiger partial charge in [0, 0.05) is 11.8 Å². The van der Waals surface area contributed by atoms with Crippen molar-refractivity contribution < 1.29 is 0 Å². The van der Waals surface area contributed by atoms with E-state index in [2.05, 4.69) is 37.3 Å². The van der Waals surface area contributed by atoms with E-state index in [4.69, 9.17) is 5.26 Å². The molecule has 0 aromatic heterocycles. The normalized spacial score (nSPS) is 18.3. The molecule has 0 radical (unpaired) electrons. The summed E-state index contributed by atoms with van der Waals surface area (Å²) >= 11 is 0. The van der Waals surface area contributed by atoms with Gasteiger partial charge in [0.15, 0.2) is 0 Å². The smallest absolute Gasteiger partial charge is 0.0631 e. The van der Waals surface area contributed by atoms with E-state index in [1.54, 1.807) is 0 Å². The summed E-state index contributed by atoms with van der Waals surface area (Å²) in [6.45, 7) is 2.10. The molecule has 0 atom stereocenters. The first-order valence-corrected chi connectivity index (χ1v) is 5.21. The van der Waals surface area contributed by atoms with E-state index in [-0.39, 0.29) is 5.41 Å².